The maximum atomic E-state index is 13.8. The van der Waals surface area contributed by atoms with Crippen LogP contribution >= 0.6 is 0 Å². The number of benzene rings is 1. The number of halogens is 1. The molecule has 0 aliphatic heterocycles. The first-order valence-corrected chi connectivity index (χ1v) is 11.5. The van der Waals surface area contributed by atoms with Gasteiger partial charge in [-0.25, -0.2) is 24.1 Å². The van der Waals surface area contributed by atoms with Gasteiger partial charge < -0.3 is 24.8 Å². The van der Waals surface area contributed by atoms with E-state index in [1.165, 1.54) is 18.3 Å². The second-order valence-electron chi connectivity index (χ2n) is 8.21. The number of fused-ring (bicyclic) bond motifs is 2. The van der Waals surface area contributed by atoms with Gasteiger partial charge in [-0.15, -0.1) is 0 Å². The lowest BCUT2D eigenvalue weighted by Gasteiger charge is -2.10. The zero-order valence-corrected chi connectivity index (χ0v) is 19.5. The van der Waals surface area contributed by atoms with Crippen LogP contribution in [0.3, 0.4) is 0 Å². The molecule has 0 radical (unpaired) electrons. The number of pyridine rings is 2. The first-order valence-electron chi connectivity index (χ1n) is 11.5. The van der Waals surface area contributed by atoms with Gasteiger partial charge in [-0.05, 0) is 24.3 Å². The third-order valence-electron chi connectivity index (χ3n) is 5.56. The van der Waals surface area contributed by atoms with Crippen LogP contribution in [0, 0.1) is 5.82 Å². The Morgan fingerprint density at radius 1 is 1.14 bits per heavy atom. The normalized spacial score (nSPS) is 12.1. The lowest BCUT2D eigenvalue weighted by atomic mass is 10.2. The number of aromatic nitrogens is 5. The fourth-order valence-electron chi connectivity index (χ4n) is 3.66. The van der Waals surface area contributed by atoms with Crippen molar-refractivity contribution in [3.63, 3.8) is 0 Å². The highest BCUT2D eigenvalue weighted by molar-refractivity contribution is 5.84. The molecule has 4 heterocycles. The number of imidazole rings is 1. The van der Waals surface area contributed by atoms with Crippen molar-refractivity contribution < 1.29 is 18.3 Å². The summed E-state index contributed by atoms with van der Waals surface area (Å²) >= 11 is 0. The number of nitrogens with one attached hydrogen (secondary N) is 3. The van der Waals surface area contributed by atoms with Crippen LogP contribution in [-0.2, 0) is 17.7 Å². The Morgan fingerprint density at radius 3 is 2.89 bits per heavy atom. The molecule has 0 saturated carbocycles. The summed E-state index contributed by atoms with van der Waals surface area (Å²) < 4.78 is 24.9. The van der Waals surface area contributed by atoms with Gasteiger partial charge in [-0.3, -0.25) is 4.98 Å². The van der Waals surface area contributed by atoms with Crippen molar-refractivity contribution in [3.8, 4) is 0 Å². The van der Waals surface area contributed by atoms with Crippen LogP contribution in [-0.4, -0.2) is 44.2 Å². The lowest BCUT2D eigenvalue weighted by molar-refractivity contribution is 0.139. The molecule has 3 N–H and O–H groups in total. The Bertz CT molecular complexity index is 1470. The van der Waals surface area contributed by atoms with Gasteiger partial charge >= 0.3 is 6.09 Å². The number of carbonyl (C=O) groups excluding carboxylic acids is 1. The van der Waals surface area contributed by atoms with E-state index in [1.54, 1.807) is 12.3 Å². The van der Waals surface area contributed by atoms with E-state index in [0.717, 1.165) is 16.9 Å². The molecule has 0 spiro atoms. The number of oxazole rings is 1. The topological polar surface area (TPSA) is 131 Å². The fraction of sp³-hybridized carbons (Fsp3) is 0.240. The SMILES string of the molecule is CC(COC(=O)NCCc1nc2c(NCc3ncccc3F)nccc2o1)c1nc2ccccc2[nH]1. The number of hydrogen-bond donors (Lipinski definition) is 3. The van der Waals surface area contributed by atoms with Crippen LogP contribution in [0.25, 0.3) is 22.1 Å². The van der Waals surface area contributed by atoms with E-state index >= 15 is 0 Å². The number of carbonyl (C=O) groups is 1. The van der Waals surface area contributed by atoms with Gasteiger partial charge in [0.2, 0.25) is 0 Å². The Morgan fingerprint density at radius 2 is 2.03 bits per heavy atom. The summed E-state index contributed by atoms with van der Waals surface area (Å²) in [5.41, 5.74) is 3.15. The number of amides is 1. The van der Waals surface area contributed by atoms with E-state index in [2.05, 4.69) is 35.6 Å². The van der Waals surface area contributed by atoms with Crippen molar-refractivity contribution in [2.75, 3.05) is 18.5 Å². The Kier molecular flexibility index (Phi) is 6.69. The Labute approximate surface area is 205 Å². The molecular weight excluding hydrogens is 465 g/mol. The Balaban J connectivity index is 1.11. The molecule has 5 rings (SSSR count). The van der Waals surface area contributed by atoms with Gasteiger partial charge in [0.15, 0.2) is 22.8 Å². The van der Waals surface area contributed by atoms with Crippen molar-refractivity contribution in [3.05, 3.63) is 78.1 Å². The third-order valence-corrected chi connectivity index (χ3v) is 5.56. The molecule has 0 aliphatic carbocycles. The van der Waals surface area contributed by atoms with E-state index in [0.29, 0.717) is 29.2 Å². The second kappa shape index (κ2) is 10.4. The molecule has 0 fully saturated rings. The van der Waals surface area contributed by atoms with Crippen LogP contribution in [0.2, 0.25) is 0 Å². The van der Waals surface area contributed by atoms with E-state index < -0.39 is 11.9 Å². The van der Waals surface area contributed by atoms with E-state index in [1.807, 2.05) is 31.2 Å². The van der Waals surface area contributed by atoms with Crippen molar-refractivity contribution in [2.24, 2.45) is 0 Å². The molecule has 184 valence electrons. The summed E-state index contributed by atoms with van der Waals surface area (Å²) in [5.74, 6) is 1.17. The van der Waals surface area contributed by atoms with Crippen LogP contribution in [0.4, 0.5) is 15.0 Å². The highest BCUT2D eigenvalue weighted by Crippen LogP contribution is 2.22. The zero-order valence-electron chi connectivity index (χ0n) is 19.5. The summed E-state index contributed by atoms with van der Waals surface area (Å²) in [5, 5.41) is 5.75. The molecule has 0 bridgehead atoms. The Hall–Kier alpha value is -4.54. The average molecular weight is 490 g/mol. The number of alkyl carbamates (subject to hydrolysis) is 1. The highest BCUT2D eigenvalue weighted by Gasteiger charge is 2.15. The van der Waals surface area contributed by atoms with Gasteiger partial charge in [0, 0.05) is 37.3 Å². The van der Waals surface area contributed by atoms with Gasteiger partial charge in [0.05, 0.1) is 23.3 Å². The van der Waals surface area contributed by atoms with Crippen molar-refractivity contribution in [1.82, 2.24) is 30.2 Å². The average Bonchev–Trinajstić information content (AvgIpc) is 3.51. The van der Waals surface area contributed by atoms with Crippen LogP contribution in [0.15, 0.2) is 59.3 Å². The number of anilines is 1. The van der Waals surface area contributed by atoms with Gasteiger partial charge in [-0.2, -0.15) is 0 Å². The summed E-state index contributed by atoms with van der Waals surface area (Å²) in [6, 6.07) is 12.3. The third kappa shape index (κ3) is 5.24. The van der Waals surface area contributed by atoms with Crippen molar-refractivity contribution in [2.45, 2.75) is 25.8 Å². The van der Waals surface area contributed by atoms with Crippen LogP contribution < -0.4 is 10.6 Å². The molecule has 1 amide bonds. The largest absolute Gasteiger partial charge is 0.449 e. The molecule has 10 nitrogen and oxygen atoms in total. The van der Waals surface area contributed by atoms with Crippen molar-refractivity contribution >= 4 is 34.0 Å². The number of rotatable bonds is 9. The zero-order chi connectivity index (χ0) is 24.9. The quantitative estimate of drug-likeness (QED) is 0.279. The summed E-state index contributed by atoms with van der Waals surface area (Å²) in [6.45, 7) is 2.55. The minimum absolute atomic E-state index is 0.0850. The summed E-state index contributed by atoms with van der Waals surface area (Å²) in [7, 11) is 0. The number of hydrogen-bond acceptors (Lipinski definition) is 8. The number of H-pyrrole nitrogens is 1. The second-order valence-corrected chi connectivity index (χ2v) is 8.21. The number of aromatic amines is 1. The number of para-hydroxylation sites is 2. The molecule has 1 unspecified atom stereocenters. The molecular formula is C25H24FN7O3. The predicted molar refractivity (Wildman–Crippen MR) is 131 cm³/mol. The molecule has 0 aliphatic rings. The van der Waals surface area contributed by atoms with Gasteiger partial charge in [0.25, 0.3) is 0 Å². The monoisotopic (exact) mass is 489 g/mol. The first-order chi connectivity index (χ1) is 17.6. The molecule has 5 aromatic rings. The van der Waals surface area contributed by atoms with Crippen molar-refractivity contribution in [1.29, 1.82) is 0 Å². The first kappa shape index (κ1) is 23.2. The molecule has 1 atom stereocenters. The molecule has 0 saturated heterocycles. The lowest BCUT2D eigenvalue weighted by Crippen LogP contribution is -2.27. The fourth-order valence-corrected chi connectivity index (χ4v) is 3.66. The number of nitrogens with zero attached hydrogens (tertiary/aromatic N) is 4. The minimum atomic E-state index is -0.532. The molecule has 1 aromatic carbocycles. The summed E-state index contributed by atoms with van der Waals surface area (Å²) in [6.07, 6.45) is 2.93. The number of ether oxygens (including phenoxy) is 1. The van der Waals surface area contributed by atoms with E-state index in [9.17, 15) is 9.18 Å². The minimum Gasteiger partial charge on any atom is -0.449 e. The summed E-state index contributed by atoms with van der Waals surface area (Å²) in [4.78, 5) is 32.7. The standard InChI is InChI=1S/C25H24FN7O3/c1-15(23-31-17-6-2-3-7-18(17)32-23)14-35-25(34)29-12-9-21-33-22-20(36-21)8-11-28-24(22)30-13-19-16(26)5-4-10-27-19/h2-8,10-11,15H,9,12-14H2,1H3,(H,28,30)(H,29,34)(H,31,32). The molecule has 36 heavy (non-hydrogen) atoms. The van der Waals surface area contributed by atoms with E-state index in [4.69, 9.17) is 9.15 Å². The maximum absolute atomic E-state index is 13.8. The maximum Gasteiger partial charge on any atom is 0.407 e. The molecule has 4 aromatic heterocycles. The van der Waals surface area contributed by atoms with Crippen LogP contribution in [0.5, 0.6) is 0 Å². The van der Waals surface area contributed by atoms with Crippen LogP contribution in [0.1, 0.15) is 30.3 Å². The van der Waals surface area contributed by atoms with E-state index in [-0.39, 0.29) is 31.3 Å². The molecule has 11 heteroatoms. The predicted octanol–water partition coefficient (Wildman–Crippen LogP) is 4.32. The van der Waals surface area contributed by atoms with Gasteiger partial charge in [0.1, 0.15) is 18.2 Å². The highest BCUT2D eigenvalue weighted by atomic mass is 19.1. The van der Waals surface area contributed by atoms with Gasteiger partial charge in [-0.1, -0.05) is 19.1 Å². The smallest absolute Gasteiger partial charge is 0.407 e.